The molecule has 24 heavy (non-hydrogen) atoms. The molecule has 0 atom stereocenters. The van der Waals surface area contributed by atoms with E-state index in [4.69, 9.17) is 21.1 Å². The molecule has 0 radical (unpaired) electrons. The summed E-state index contributed by atoms with van der Waals surface area (Å²) in [7, 11) is -2.31. The van der Waals surface area contributed by atoms with Gasteiger partial charge >= 0.3 is 5.97 Å². The van der Waals surface area contributed by atoms with Crippen LogP contribution in [0.4, 0.5) is 5.69 Å². The van der Waals surface area contributed by atoms with Gasteiger partial charge in [0.1, 0.15) is 5.75 Å². The van der Waals surface area contributed by atoms with Crippen molar-refractivity contribution in [1.82, 2.24) is 0 Å². The molecule has 0 aliphatic heterocycles. The first-order valence-electron chi connectivity index (χ1n) is 7.01. The second kappa shape index (κ2) is 7.55. The number of anilines is 1. The summed E-state index contributed by atoms with van der Waals surface area (Å²) in [5.41, 5.74) is 0.298. The molecule has 1 N–H and O–H groups in total. The van der Waals surface area contributed by atoms with Gasteiger partial charge in [0.2, 0.25) is 0 Å². The lowest BCUT2D eigenvalue weighted by atomic mass is 10.2. The lowest BCUT2D eigenvalue weighted by Crippen LogP contribution is -2.14. The summed E-state index contributed by atoms with van der Waals surface area (Å²) in [6.45, 7) is 1.86. The summed E-state index contributed by atoms with van der Waals surface area (Å²) in [6, 6.07) is 10.2. The van der Waals surface area contributed by atoms with Crippen LogP contribution in [0.3, 0.4) is 0 Å². The minimum absolute atomic E-state index is 0.0657. The highest BCUT2D eigenvalue weighted by atomic mass is 35.5. The quantitative estimate of drug-likeness (QED) is 0.790. The third-order valence-corrected chi connectivity index (χ3v) is 4.81. The normalized spacial score (nSPS) is 11.0. The Bertz CT molecular complexity index is 834. The van der Waals surface area contributed by atoms with Crippen LogP contribution in [0.1, 0.15) is 17.3 Å². The fourth-order valence-electron chi connectivity index (χ4n) is 1.92. The van der Waals surface area contributed by atoms with Crippen molar-refractivity contribution in [2.24, 2.45) is 0 Å². The van der Waals surface area contributed by atoms with Gasteiger partial charge in [0.15, 0.2) is 0 Å². The van der Waals surface area contributed by atoms with Crippen molar-refractivity contribution >= 4 is 33.3 Å². The highest BCUT2D eigenvalue weighted by Crippen LogP contribution is 2.24. The minimum Gasteiger partial charge on any atom is -0.497 e. The summed E-state index contributed by atoms with van der Waals surface area (Å²) >= 11 is 5.96. The van der Waals surface area contributed by atoms with Gasteiger partial charge in [-0.15, -0.1) is 0 Å². The van der Waals surface area contributed by atoms with Crippen LogP contribution in [0.5, 0.6) is 5.75 Å². The van der Waals surface area contributed by atoms with Gasteiger partial charge in [-0.25, -0.2) is 13.2 Å². The molecule has 0 amide bonds. The summed E-state index contributed by atoms with van der Waals surface area (Å²) in [6.07, 6.45) is 0. The van der Waals surface area contributed by atoms with Crippen molar-refractivity contribution in [2.75, 3.05) is 18.4 Å². The molecule has 0 aliphatic carbocycles. The van der Waals surface area contributed by atoms with E-state index in [1.54, 1.807) is 19.1 Å². The number of halogens is 1. The molecule has 0 unspecified atom stereocenters. The van der Waals surface area contributed by atoms with E-state index in [0.717, 1.165) is 0 Å². The first-order valence-corrected chi connectivity index (χ1v) is 8.87. The molecule has 0 fully saturated rings. The zero-order valence-corrected chi connectivity index (χ0v) is 14.6. The predicted molar refractivity (Wildman–Crippen MR) is 91.2 cm³/mol. The zero-order valence-electron chi connectivity index (χ0n) is 13.1. The third-order valence-electron chi connectivity index (χ3n) is 3.08. The highest BCUT2D eigenvalue weighted by molar-refractivity contribution is 7.92. The average molecular weight is 370 g/mol. The van der Waals surface area contributed by atoms with Gasteiger partial charge in [0.05, 0.1) is 29.2 Å². The van der Waals surface area contributed by atoms with Gasteiger partial charge in [0.25, 0.3) is 10.0 Å². The number of rotatable bonds is 6. The van der Waals surface area contributed by atoms with Crippen LogP contribution >= 0.6 is 11.6 Å². The number of benzene rings is 2. The van der Waals surface area contributed by atoms with Gasteiger partial charge < -0.3 is 9.47 Å². The minimum atomic E-state index is -3.81. The second-order valence-corrected chi connectivity index (χ2v) is 6.79. The van der Waals surface area contributed by atoms with E-state index in [9.17, 15) is 13.2 Å². The van der Waals surface area contributed by atoms with E-state index >= 15 is 0 Å². The van der Waals surface area contributed by atoms with Gasteiger partial charge in [-0.05, 0) is 49.4 Å². The summed E-state index contributed by atoms with van der Waals surface area (Å²) in [4.78, 5) is 11.9. The van der Waals surface area contributed by atoms with Gasteiger partial charge in [-0.2, -0.15) is 0 Å². The van der Waals surface area contributed by atoms with Crippen LogP contribution in [0.2, 0.25) is 5.02 Å². The Morgan fingerprint density at radius 1 is 1.17 bits per heavy atom. The van der Waals surface area contributed by atoms with Gasteiger partial charge in [0, 0.05) is 5.69 Å². The Morgan fingerprint density at radius 2 is 1.83 bits per heavy atom. The molecule has 0 aliphatic rings. The van der Waals surface area contributed by atoms with E-state index in [0.29, 0.717) is 5.75 Å². The Hall–Kier alpha value is -2.25. The van der Waals surface area contributed by atoms with Crippen molar-refractivity contribution in [1.29, 1.82) is 0 Å². The maximum Gasteiger partial charge on any atom is 0.339 e. The molecule has 6 nitrogen and oxygen atoms in total. The largest absolute Gasteiger partial charge is 0.497 e. The van der Waals surface area contributed by atoms with Crippen LogP contribution in [-0.2, 0) is 14.8 Å². The lowest BCUT2D eigenvalue weighted by Gasteiger charge is -2.11. The third kappa shape index (κ3) is 4.18. The van der Waals surface area contributed by atoms with Crippen molar-refractivity contribution in [3.63, 3.8) is 0 Å². The number of methoxy groups -OCH3 is 1. The molecular formula is C16H16ClNO5S. The Labute approximate surface area is 145 Å². The number of carbonyl (C=O) groups excluding carboxylic acids is 1. The average Bonchev–Trinajstić information content (AvgIpc) is 2.56. The number of carbonyl (C=O) groups is 1. The van der Waals surface area contributed by atoms with Crippen LogP contribution < -0.4 is 9.46 Å². The first kappa shape index (κ1) is 18.1. The summed E-state index contributed by atoms with van der Waals surface area (Å²) in [5.74, 6) is -0.0713. The lowest BCUT2D eigenvalue weighted by molar-refractivity contribution is 0.0526. The second-order valence-electron chi connectivity index (χ2n) is 4.70. The molecule has 0 spiro atoms. The topological polar surface area (TPSA) is 81.7 Å². The molecular weight excluding hydrogens is 354 g/mol. The summed E-state index contributed by atoms with van der Waals surface area (Å²) in [5, 5.41) is 0.181. The molecule has 0 saturated carbocycles. The van der Waals surface area contributed by atoms with Crippen molar-refractivity contribution in [3.8, 4) is 5.75 Å². The molecule has 2 aromatic carbocycles. The Kier molecular flexibility index (Phi) is 5.69. The number of esters is 1. The Balaban J connectivity index is 2.28. The number of nitrogens with one attached hydrogen (secondary N) is 1. The molecule has 0 saturated heterocycles. The standard InChI is InChI=1S/C16H16ClNO5S/c1-3-23-16(19)14-10-11(4-9-15(14)17)18-24(20,21)13-7-5-12(22-2)6-8-13/h4-10,18H,3H2,1-2H3. The number of hydrogen-bond acceptors (Lipinski definition) is 5. The SMILES string of the molecule is CCOC(=O)c1cc(NS(=O)(=O)c2ccc(OC)cc2)ccc1Cl. The molecule has 2 aromatic rings. The maximum atomic E-state index is 12.4. The van der Waals surface area contributed by atoms with Gasteiger partial charge in [-0.1, -0.05) is 11.6 Å². The molecule has 0 aromatic heterocycles. The van der Waals surface area contributed by atoms with Crippen molar-refractivity contribution in [3.05, 3.63) is 53.1 Å². The van der Waals surface area contributed by atoms with E-state index in [-0.39, 0.29) is 27.8 Å². The number of sulfonamides is 1. The van der Waals surface area contributed by atoms with Crippen LogP contribution in [-0.4, -0.2) is 28.1 Å². The van der Waals surface area contributed by atoms with E-state index in [1.807, 2.05) is 0 Å². The molecule has 0 bridgehead atoms. The predicted octanol–water partition coefficient (Wildman–Crippen LogP) is 3.33. The smallest absolute Gasteiger partial charge is 0.339 e. The van der Waals surface area contributed by atoms with E-state index < -0.39 is 16.0 Å². The Morgan fingerprint density at radius 3 is 2.42 bits per heavy atom. The van der Waals surface area contributed by atoms with Crippen molar-refractivity contribution in [2.45, 2.75) is 11.8 Å². The fourth-order valence-corrected chi connectivity index (χ4v) is 3.17. The van der Waals surface area contributed by atoms with Crippen LogP contribution in [0.25, 0.3) is 0 Å². The molecule has 128 valence electrons. The molecule has 0 heterocycles. The number of ether oxygens (including phenoxy) is 2. The van der Waals surface area contributed by atoms with Crippen LogP contribution in [0.15, 0.2) is 47.4 Å². The van der Waals surface area contributed by atoms with E-state index in [1.165, 1.54) is 37.4 Å². The maximum absolute atomic E-state index is 12.4. The monoisotopic (exact) mass is 369 g/mol. The van der Waals surface area contributed by atoms with Crippen LogP contribution in [0, 0.1) is 0 Å². The van der Waals surface area contributed by atoms with E-state index in [2.05, 4.69) is 4.72 Å². The zero-order chi connectivity index (χ0) is 17.7. The van der Waals surface area contributed by atoms with Crippen molar-refractivity contribution < 1.29 is 22.7 Å². The number of hydrogen-bond donors (Lipinski definition) is 1. The molecule has 8 heteroatoms. The fraction of sp³-hybridized carbons (Fsp3) is 0.188. The highest BCUT2D eigenvalue weighted by Gasteiger charge is 2.17. The van der Waals surface area contributed by atoms with Gasteiger partial charge in [-0.3, -0.25) is 4.72 Å². The summed E-state index contributed by atoms with van der Waals surface area (Å²) < 4.78 is 37.1. The molecule has 2 rings (SSSR count). The first-order chi connectivity index (χ1) is 11.4.